The minimum absolute atomic E-state index is 0.0352. The van der Waals surface area contributed by atoms with Crippen LogP contribution in [0.5, 0.6) is 0 Å². The van der Waals surface area contributed by atoms with Gasteiger partial charge in [0.2, 0.25) is 10.6 Å². The molecule has 0 aliphatic heterocycles. The number of aromatic nitrogens is 1. The highest BCUT2D eigenvalue weighted by molar-refractivity contribution is 7.13. The van der Waals surface area contributed by atoms with Crippen LogP contribution in [-0.2, 0) is 0 Å². The summed E-state index contributed by atoms with van der Waals surface area (Å²) in [5.74, 6) is 0.349. The topological polar surface area (TPSA) is 46.7 Å². The van der Waals surface area contributed by atoms with Gasteiger partial charge in [-0.3, -0.25) is 9.79 Å². The van der Waals surface area contributed by atoms with Crippen LogP contribution in [0.3, 0.4) is 0 Å². The van der Waals surface area contributed by atoms with Gasteiger partial charge >= 0.3 is 0 Å². The number of nitrogens with zero attached hydrogens (tertiary/aromatic N) is 3. The SMILES string of the molecule is CC(C)/C=N/n1c2c(sc1=NC(C)C)-c1ccccc1C2=O. The number of benzene rings is 1. The zero-order valence-electron chi connectivity index (χ0n) is 13.2. The van der Waals surface area contributed by atoms with Gasteiger partial charge in [-0.2, -0.15) is 5.10 Å². The van der Waals surface area contributed by atoms with Crippen LogP contribution < -0.4 is 4.80 Å². The van der Waals surface area contributed by atoms with Gasteiger partial charge in [0.1, 0.15) is 5.69 Å². The Balaban J connectivity index is 2.27. The van der Waals surface area contributed by atoms with Gasteiger partial charge in [-0.15, -0.1) is 0 Å². The smallest absolute Gasteiger partial charge is 0.213 e. The standard InChI is InChI=1S/C17H19N3OS/c1-10(2)9-18-20-14-15(21)12-7-5-6-8-13(12)16(14)22-17(20)19-11(3)4/h5-11H,1-4H3/b18-9+,19-17?. The van der Waals surface area contributed by atoms with Crippen molar-refractivity contribution < 1.29 is 4.79 Å². The van der Waals surface area contributed by atoms with E-state index in [1.54, 1.807) is 4.68 Å². The number of carbonyl (C=O) groups excluding carboxylic acids is 1. The highest BCUT2D eigenvalue weighted by Gasteiger charge is 2.32. The molecule has 0 fully saturated rings. The number of ketones is 1. The predicted octanol–water partition coefficient (Wildman–Crippen LogP) is 3.56. The third kappa shape index (κ3) is 2.46. The molecular formula is C17H19N3OS. The summed E-state index contributed by atoms with van der Waals surface area (Å²) in [6, 6.07) is 7.88. The van der Waals surface area contributed by atoms with Gasteiger partial charge in [0.25, 0.3) is 0 Å². The maximum absolute atomic E-state index is 12.7. The molecule has 114 valence electrons. The summed E-state index contributed by atoms with van der Waals surface area (Å²) in [6.07, 6.45) is 1.85. The van der Waals surface area contributed by atoms with E-state index in [9.17, 15) is 4.79 Å². The van der Waals surface area contributed by atoms with Crippen molar-refractivity contribution >= 4 is 23.3 Å². The molecule has 5 heteroatoms. The van der Waals surface area contributed by atoms with Crippen LogP contribution in [0.25, 0.3) is 10.4 Å². The number of fused-ring (bicyclic) bond motifs is 3. The van der Waals surface area contributed by atoms with Crippen molar-refractivity contribution in [3.63, 3.8) is 0 Å². The molecule has 1 aromatic carbocycles. The van der Waals surface area contributed by atoms with Crippen LogP contribution in [0.2, 0.25) is 0 Å². The minimum Gasteiger partial charge on any atom is -0.287 e. The Morgan fingerprint density at radius 3 is 2.45 bits per heavy atom. The molecule has 0 unspecified atom stereocenters. The Labute approximate surface area is 133 Å². The summed E-state index contributed by atoms with van der Waals surface area (Å²) in [5, 5.41) is 4.51. The van der Waals surface area contributed by atoms with Crippen molar-refractivity contribution in [2.24, 2.45) is 16.0 Å². The van der Waals surface area contributed by atoms with Gasteiger partial charge in [-0.25, -0.2) is 4.68 Å². The van der Waals surface area contributed by atoms with Crippen LogP contribution in [0, 0.1) is 5.92 Å². The molecule has 1 aromatic heterocycles. The van der Waals surface area contributed by atoms with Crippen molar-refractivity contribution in [1.29, 1.82) is 0 Å². The highest BCUT2D eigenvalue weighted by Crippen LogP contribution is 2.38. The summed E-state index contributed by atoms with van der Waals surface area (Å²) in [5.41, 5.74) is 2.39. The summed E-state index contributed by atoms with van der Waals surface area (Å²) >= 11 is 1.54. The lowest BCUT2D eigenvalue weighted by atomic mass is 10.1. The van der Waals surface area contributed by atoms with E-state index in [2.05, 4.69) is 23.9 Å². The molecule has 0 bridgehead atoms. The van der Waals surface area contributed by atoms with Gasteiger partial charge in [-0.05, 0) is 19.8 Å². The third-order valence-corrected chi connectivity index (χ3v) is 4.36. The molecular weight excluding hydrogens is 294 g/mol. The quantitative estimate of drug-likeness (QED) is 0.682. The summed E-state index contributed by atoms with van der Waals surface area (Å²) in [7, 11) is 0. The van der Waals surface area contributed by atoms with Gasteiger partial charge in [0.15, 0.2) is 0 Å². The molecule has 0 saturated carbocycles. The fraction of sp³-hybridized carbons (Fsp3) is 0.353. The minimum atomic E-state index is 0.0352. The second kappa shape index (κ2) is 5.65. The fourth-order valence-electron chi connectivity index (χ4n) is 2.37. The van der Waals surface area contributed by atoms with E-state index >= 15 is 0 Å². The average Bonchev–Trinajstić information content (AvgIpc) is 2.93. The summed E-state index contributed by atoms with van der Waals surface area (Å²) in [4.78, 5) is 19.1. The number of thiazole rings is 1. The second-order valence-corrected chi connectivity index (χ2v) is 6.96. The van der Waals surface area contributed by atoms with Gasteiger partial charge in [0, 0.05) is 23.4 Å². The zero-order chi connectivity index (χ0) is 15.9. The first-order chi connectivity index (χ1) is 10.5. The number of hydrogen-bond acceptors (Lipinski definition) is 4. The first kappa shape index (κ1) is 14.9. The lowest BCUT2D eigenvalue weighted by Crippen LogP contribution is -2.18. The molecule has 1 heterocycles. The molecule has 1 aliphatic rings. The van der Waals surface area contributed by atoms with Crippen molar-refractivity contribution in [3.05, 3.63) is 40.3 Å². The Kier molecular flexibility index (Phi) is 3.83. The molecule has 4 nitrogen and oxygen atoms in total. The number of carbonyl (C=O) groups is 1. The van der Waals surface area contributed by atoms with Crippen molar-refractivity contribution in [3.8, 4) is 10.4 Å². The maximum atomic E-state index is 12.7. The first-order valence-electron chi connectivity index (χ1n) is 7.47. The maximum Gasteiger partial charge on any atom is 0.213 e. The van der Waals surface area contributed by atoms with E-state index < -0.39 is 0 Å². The Hall–Kier alpha value is -2.01. The van der Waals surface area contributed by atoms with E-state index in [1.807, 2.05) is 44.3 Å². The lowest BCUT2D eigenvalue weighted by molar-refractivity contribution is 0.103. The summed E-state index contributed by atoms with van der Waals surface area (Å²) in [6.45, 7) is 8.17. The second-order valence-electron chi connectivity index (χ2n) is 5.98. The first-order valence-corrected chi connectivity index (χ1v) is 8.29. The van der Waals surface area contributed by atoms with Gasteiger partial charge in [0.05, 0.1) is 4.88 Å². The molecule has 0 atom stereocenters. The van der Waals surface area contributed by atoms with E-state index in [-0.39, 0.29) is 11.8 Å². The van der Waals surface area contributed by atoms with Crippen LogP contribution in [0.15, 0.2) is 34.4 Å². The van der Waals surface area contributed by atoms with Crippen LogP contribution >= 0.6 is 11.3 Å². The molecule has 0 radical (unpaired) electrons. The molecule has 22 heavy (non-hydrogen) atoms. The van der Waals surface area contributed by atoms with Crippen LogP contribution in [0.1, 0.15) is 43.7 Å². The van der Waals surface area contributed by atoms with Crippen molar-refractivity contribution in [2.45, 2.75) is 33.7 Å². The van der Waals surface area contributed by atoms with Crippen molar-refractivity contribution in [2.75, 3.05) is 0 Å². The van der Waals surface area contributed by atoms with Crippen LogP contribution in [0.4, 0.5) is 0 Å². The Morgan fingerprint density at radius 2 is 1.82 bits per heavy atom. The molecule has 2 aromatic rings. The Bertz CT molecular complexity index is 825. The molecule has 0 spiro atoms. The normalized spacial score (nSPS) is 14.5. The largest absolute Gasteiger partial charge is 0.287 e. The molecule has 0 amide bonds. The molecule has 0 N–H and O–H groups in total. The molecule has 1 aliphatic carbocycles. The highest BCUT2D eigenvalue weighted by atomic mass is 32.1. The van der Waals surface area contributed by atoms with E-state index in [0.29, 0.717) is 11.6 Å². The van der Waals surface area contributed by atoms with Gasteiger partial charge in [-0.1, -0.05) is 49.4 Å². The van der Waals surface area contributed by atoms with E-state index in [1.165, 1.54) is 11.3 Å². The monoisotopic (exact) mass is 313 g/mol. The fourth-order valence-corrected chi connectivity index (χ4v) is 3.61. The summed E-state index contributed by atoms with van der Waals surface area (Å²) < 4.78 is 1.71. The van der Waals surface area contributed by atoms with E-state index in [4.69, 9.17) is 0 Å². The zero-order valence-corrected chi connectivity index (χ0v) is 14.0. The number of hydrogen-bond donors (Lipinski definition) is 0. The third-order valence-electron chi connectivity index (χ3n) is 3.28. The lowest BCUT2D eigenvalue weighted by Gasteiger charge is -2.02. The Morgan fingerprint density at radius 1 is 1.14 bits per heavy atom. The van der Waals surface area contributed by atoms with Gasteiger partial charge < -0.3 is 0 Å². The van der Waals surface area contributed by atoms with Crippen LogP contribution in [-0.4, -0.2) is 22.7 Å². The average molecular weight is 313 g/mol. The molecule has 3 rings (SSSR count). The van der Waals surface area contributed by atoms with E-state index in [0.717, 1.165) is 20.8 Å². The molecule has 0 saturated heterocycles. The van der Waals surface area contributed by atoms with Crippen molar-refractivity contribution in [1.82, 2.24) is 4.68 Å². The predicted molar refractivity (Wildman–Crippen MR) is 90.6 cm³/mol. The number of rotatable bonds is 3.